The summed E-state index contributed by atoms with van der Waals surface area (Å²) >= 11 is 11.5. The van der Waals surface area contributed by atoms with E-state index < -0.39 is 11.9 Å². The van der Waals surface area contributed by atoms with Gasteiger partial charge in [0.2, 0.25) is 0 Å². The molecule has 0 aliphatic rings. The first-order chi connectivity index (χ1) is 7.06. The molecule has 0 heterocycles. The second-order valence-electron chi connectivity index (χ2n) is 2.54. The number of benzene rings is 1. The summed E-state index contributed by atoms with van der Waals surface area (Å²) in [6.07, 6.45) is 0. The molecule has 0 spiro atoms. The summed E-state index contributed by atoms with van der Waals surface area (Å²) < 4.78 is 4.23. The number of rotatable bonds is 1. The lowest BCUT2D eigenvalue weighted by Gasteiger charge is -2.07. The van der Waals surface area contributed by atoms with Crippen molar-refractivity contribution in [2.45, 2.75) is 0 Å². The molecule has 6 heteroatoms. The lowest BCUT2D eigenvalue weighted by molar-refractivity contribution is -0.150. The van der Waals surface area contributed by atoms with Crippen LogP contribution >= 0.6 is 23.2 Å². The summed E-state index contributed by atoms with van der Waals surface area (Å²) in [4.78, 5) is 22.0. The lowest BCUT2D eigenvalue weighted by atomic mass is 10.3. The van der Waals surface area contributed by atoms with E-state index in [-0.39, 0.29) is 15.7 Å². The van der Waals surface area contributed by atoms with Crippen LogP contribution < -0.4 is 5.32 Å². The van der Waals surface area contributed by atoms with Crippen molar-refractivity contribution in [2.75, 3.05) is 12.4 Å². The van der Waals surface area contributed by atoms with Crippen LogP contribution in [-0.4, -0.2) is 19.0 Å². The number of para-hydroxylation sites is 1. The van der Waals surface area contributed by atoms with Crippen LogP contribution in [0, 0.1) is 0 Å². The minimum absolute atomic E-state index is 0.191. The SMILES string of the molecule is COC(=O)C(=O)Nc1c(Cl)cccc1Cl. The molecule has 0 aliphatic heterocycles. The Labute approximate surface area is 96.1 Å². The van der Waals surface area contributed by atoms with Gasteiger partial charge in [0.05, 0.1) is 22.8 Å². The molecule has 80 valence electrons. The van der Waals surface area contributed by atoms with Crippen LogP contribution in [0.1, 0.15) is 0 Å². The average Bonchev–Trinajstić information content (AvgIpc) is 2.22. The third-order valence-corrected chi connectivity index (χ3v) is 2.20. The molecule has 0 aliphatic carbocycles. The first-order valence-electron chi connectivity index (χ1n) is 3.89. The van der Waals surface area contributed by atoms with Crippen molar-refractivity contribution in [2.24, 2.45) is 0 Å². The normalized spacial score (nSPS) is 9.53. The van der Waals surface area contributed by atoms with Gasteiger partial charge in [-0.15, -0.1) is 0 Å². The summed E-state index contributed by atoms with van der Waals surface area (Å²) in [6.45, 7) is 0. The second-order valence-corrected chi connectivity index (χ2v) is 3.36. The highest BCUT2D eigenvalue weighted by Crippen LogP contribution is 2.29. The minimum Gasteiger partial charge on any atom is -0.462 e. The van der Waals surface area contributed by atoms with E-state index in [2.05, 4.69) is 10.1 Å². The predicted molar refractivity (Wildman–Crippen MR) is 57.1 cm³/mol. The van der Waals surface area contributed by atoms with E-state index in [1.165, 1.54) is 0 Å². The zero-order chi connectivity index (χ0) is 11.4. The average molecular weight is 248 g/mol. The summed E-state index contributed by atoms with van der Waals surface area (Å²) in [7, 11) is 1.11. The van der Waals surface area contributed by atoms with Gasteiger partial charge in [-0.05, 0) is 12.1 Å². The zero-order valence-corrected chi connectivity index (χ0v) is 9.22. The van der Waals surface area contributed by atoms with E-state index >= 15 is 0 Å². The maximum Gasteiger partial charge on any atom is 0.396 e. The van der Waals surface area contributed by atoms with Gasteiger partial charge in [0, 0.05) is 0 Å². The smallest absolute Gasteiger partial charge is 0.396 e. The van der Waals surface area contributed by atoms with Crippen LogP contribution in [0.2, 0.25) is 10.0 Å². The molecular formula is C9H7Cl2NO3. The molecule has 1 aromatic carbocycles. The van der Waals surface area contributed by atoms with E-state index in [1.807, 2.05) is 0 Å². The molecule has 1 N–H and O–H groups in total. The fourth-order valence-corrected chi connectivity index (χ4v) is 1.37. The lowest BCUT2D eigenvalue weighted by Crippen LogP contribution is -2.24. The van der Waals surface area contributed by atoms with Crippen LogP contribution in [0.25, 0.3) is 0 Å². The van der Waals surface area contributed by atoms with Crippen LogP contribution in [0.15, 0.2) is 18.2 Å². The van der Waals surface area contributed by atoms with E-state index in [9.17, 15) is 9.59 Å². The third kappa shape index (κ3) is 2.84. The van der Waals surface area contributed by atoms with Crippen molar-refractivity contribution >= 4 is 40.8 Å². The topological polar surface area (TPSA) is 55.4 Å². The predicted octanol–water partition coefficient (Wildman–Crippen LogP) is 2.10. The summed E-state index contributed by atoms with van der Waals surface area (Å²) in [5.74, 6) is -1.93. The summed E-state index contributed by atoms with van der Waals surface area (Å²) in [6, 6.07) is 4.71. The Morgan fingerprint density at radius 2 is 1.80 bits per heavy atom. The Bertz CT molecular complexity index is 386. The monoisotopic (exact) mass is 247 g/mol. The Morgan fingerprint density at radius 3 is 2.27 bits per heavy atom. The van der Waals surface area contributed by atoms with Gasteiger partial charge in [-0.3, -0.25) is 4.79 Å². The van der Waals surface area contributed by atoms with E-state index in [1.54, 1.807) is 18.2 Å². The number of methoxy groups -OCH3 is 1. The summed E-state index contributed by atoms with van der Waals surface area (Å²) in [5, 5.41) is 2.75. The second kappa shape index (κ2) is 5.00. The fraction of sp³-hybridized carbons (Fsp3) is 0.111. The molecule has 0 unspecified atom stereocenters. The standard InChI is InChI=1S/C9H7Cl2NO3/c1-15-9(14)8(13)12-7-5(10)3-2-4-6(7)11/h2-4H,1H3,(H,12,13). The highest BCUT2D eigenvalue weighted by Gasteiger charge is 2.16. The van der Waals surface area contributed by atoms with E-state index in [4.69, 9.17) is 23.2 Å². The molecule has 0 fully saturated rings. The van der Waals surface area contributed by atoms with E-state index in [0.29, 0.717) is 0 Å². The molecule has 4 nitrogen and oxygen atoms in total. The van der Waals surface area contributed by atoms with Gasteiger partial charge in [-0.25, -0.2) is 4.79 Å². The Hall–Kier alpha value is -1.26. The molecule has 1 rings (SSSR count). The van der Waals surface area contributed by atoms with Crippen molar-refractivity contribution in [1.82, 2.24) is 0 Å². The number of anilines is 1. The van der Waals surface area contributed by atoms with Gasteiger partial charge in [0.15, 0.2) is 0 Å². The zero-order valence-electron chi connectivity index (χ0n) is 7.71. The highest BCUT2D eigenvalue weighted by atomic mass is 35.5. The van der Waals surface area contributed by atoms with Crippen LogP contribution in [-0.2, 0) is 14.3 Å². The number of hydrogen-bond acceptors (Lipinski definition) is 3. The van der Waals surface area contributed by atoms with Crippen LogP contribution in [0.3, 0.4) is 0 Å². The van der Waals surface area contributed by atoms with Crippen molar-refractivity contribution in [1.29, 1.82) is 0 Å². The molecule has 0 bridgehead atoms. The highest BCUT2D eigenvalue weighted by molar-refractivity contribution is 6.43. The number of esters is 1. The molecule has 1 aromatic rings. The molecule has 0 radical (unpaired) electrons. The first-order valence-corrected chi connectivity index (χ1v) is 4.65. The Balaban J connectivity index is 2.90. The first kappa shape index (κ1) is 11.8. The third-order valence-electron chi connectivity index (χ3n) is 1.57. The minimum atomic E-state index is -1.01. The van der Waals surface area contributed by atoms with Crippen LogP contribution in [0.5, 0.6) is 0 Å². The summed E-state index contributed by atoms with van der Waals surface area (Å²) in [5.41, 5.74) is 0.191. The van der Waals surface area contributed by atoms with Crippen molar-refractivity contribution in [3.63, 3.8) is 0 Å². The van der Waals surface area contributed by atoms with Crippen LogP contribution in [0.4, 0.5) is 5.69 Å². The van der Waals surface area contributed by atoms with Crippen molar-refractivity contribution in [3.05, 3.63) is 28.2 Å². The number of carbonyl (C=O) groups is 2. The van der Waals surface area contributed by atoms with Gasteiger partial charge in [-0.2, -0.15) is 0 Å². The molecule has 1 amide bonds. The maximum absolute atomic E-state index is 11.1. The van der Waals surface area contributed by atoms with E-state index in [0.717, 1.165) is 7.11 Å². The molecule has 0 saturated carbocycles. The number of hydrogen-bond donors (Lipinski definition) is 1. The molecule has 0 saturated heterocycles. The van der Waals surface area contributed by atoms with Gasteiger partial charge in [0.1, 0.15) is 0 Å². The fourth-order valence-electron chi connectivity index (χ4n) is 0.874. The number of amides is 1. The van der Waals surface area contributed by atoms with Crippen molar-refractivity contribution < 1.29 is 14.3 Å². The van der Waals surface area contributed by atoms with Gasteiger partial charge < -0.3 is 10.1 Å². The molecule has 0 aromatic heterocycles. The van der Waals surface area contributed by atoms with Crippen molar-refractivity contribution in [3.8, 4) is 0 Å². The van der Waals surface area contributed by atoms with Gasteiger partial charge >= 0.3 is 11.9 Å². The number of halogens is 2. The van der Waals surface area contributed by atoms with Gasteiger partial charge in [-0.1, -0.05) is 29.3 Å². The molecule has 15 heavy (non-hydrogen) atoms. The molecule has 0 atom stereocenters. The Morgan fingerprint density at radius 1 is 1.27 bits per heavy atom. The molecular weight excluding hydrogens is 241 g/mol. The largest absolute Gasteiger partial charge is 0.462 e. The number of carbonyl (C=O) groups excluding carboxylic acids is 2. The quantitative estimate of drug-likeness (QED) is 0.611. The number of nitrogens with one attached hydrogen (secondary N) is 1. The Kier molecular flexibility index (Phi) is 3.94. The number of ether oxygens (including phenoxy) is 1. The van der Waals surface area contributed by atoms with Gasteiger partial charge in [0.25, 0.3) is 0 Å². The maximum atomic E-state index is 11.1.